The molecule has 0 spiro atoms. The number of aromatic amines is 1. The fourth-order valence-electron chi connectivity index (χ4n) is 5.58. The highest BCUT2D eigenvalue weighted by atomic mass is 32.1. The number of anilines is 2. The first-order valence-electron chi connectivity index (χ1n) is 11.5. The standard InChI is InChI=1S/C23H29N5S/c1-5-11-27(12-6-1)21-17-10-4-3-9-16(17)18-19-20(29-23(18)26-21)22(25-15-24-19)28-13-7-2-8-14-28/h15H,1-14H2/p+1. The van der Waals surface area contributed by atoms with E-state index in [2.05, 4.69) is 14.8 Å². The molecule has 3 aromatic rings. The van der Waals surface area contributed by atoms with Crippen LogP contribution in [0.3, 0.4) is 0 Å². The van der Waals surface area contributed by atoms with E-state index in [1.54, 1.807) is 5.56 Å². The molecule has 0 unspecified atom stereocenters. The first-order chi connectivity index (χ1) is 14.4. The molecule has 0 radical (unpaired) electrons. The molecule has 3 aromatic heterocycles. The Labute approximate surface area is 176 Å². The summed E-state index contributed by atoms with van der Waals surface area (Å²) in [4.78, 5) is 19.9. The van der Waals surface area contributed by atoms with E-state index in [0.29, 0.717) is 0 Å². The van der Waals surface area contributed by atoms with Crippen molar-refractivity contribution in [2.45, 2.75) is 64.2 Å². The minimum absolute atomic E-state index is 1.15. The van der Waals surface area contributed by atoms with Gasteiger partial charge in [0.05, 0.1) is 18.5 Å². The highest BCUT2D eigenvalue weighted by Gasteiger charge is 2.29. The molecular weight excluding hydrogens is 378 g/mol. The van der Waals surface area contributed by atoms with Crippen LogP contribution in [0.2, 0.25) is 0 Å². The summed E-state index contributed by atoms with van der Waals surface area (Å²) >= 11 is 1.86. The van der Waals surface area contributed by atoms with Crippen LogP contribution in [-0.4, -0.2) is 36.1 Å². The largest absolute Gasteiger partial charge is 0.356 e. The molecule has 2 saturated heterocycles. The Morgan fingerprint density at radius 2 is 1.48 bits per heavy atom. The summed E-state index contributed by atoms with van der Waals surface area (Å²) < 4.78 is 1.31. The quantitative estimate of drug-likeness (QED) is 0.626. The maximum atomic E-state index is 5.31. The van der Waals surface area contributed by atoms with Crippen LogP contribution in [0, 0.1) is 0 Å². The molecule has 152 valence electrons. The lowest BCUT2D eigenvalue weighted by Gasteiger charge is -2.31. The van der Waals surface area contributed by atoms with Crippen molar-refractivity contribution < 1.29 is 4.98 Å². The summed E-state index contributed by atoms with van der Waals surface area (Å²) in [6.07, 6.45) is 14.8. The van der Waals surface area contributed by atoms with Gasteiger partial charge in [-0.15, -0.1) is 16.3 Å². The Balaban J connectivity index is 1.57. The lowest BCUT2D eigenvalue weighted by Crippen LogP contribution is -2.34. The number of piperidine rings is 2. The van der Waals surface area contributed by atoms with Gasteiger partial charge in [-0.05, 0) is 75.3 Å². The van der Waals surface area contributed by atoms with Crippen molar-refractivity contribution in [2.24, 2.45) is 0 Å². The number of nitrogens with zero attached hydrogens (tertiary/aromatic N) is 4. The van der Waals surface area contributed by atoms with E-state index < -0.39 is 0 Å². The summed E-state index contributed by atoms with van der Waals surface area (Å²) in [6.45, 7) is 4.63. The van der Waals surface area contributed by atoms with Crippen molar-refractivity contribution in [3.63, 3.8) is 0 Å². The van der Waals surface area contributed by atoms with E-state index in [0.717, 1.165) is 13.1 Å². The Morgan fingerprint density at radius 3 is 2.24 bits per heavy atom. The number of hydrogen-bond donors (Lipinski definition) is 0. The van der Waals surface area contributed by atoms with E-state index in [9.17, 15) is 0 Å². The van der Waals surface area contributed by atoms with Crippen LogP contribution in [0.1, 0.15) is 62.5 Å². The van der Waals surface area contributed by atoms with Gasteiger partial charge in [-0.3, -0.25) is 4.90 Å². The number of pyridine rings is 1. The number of hydrogen-bond acceptors (Lipinski definition) is 5. The Hall–Kier alpha value is -1.95. The van der Waals surface area contributed by atoms with E-state index in [1.807, 2.05) is 17.7 Å². The van der Waals surface area contributed by atoms with Gasteiger partial charge in [-0.1, -0.05) is 0 Å². The fraction of sp³-hybridized carbons (Fsp3) is 0.609. The first kappa shape index (κ1) is 17.9. The second kappa shape index (κ2) is 7.38. The van der Waals surface area contributed by atoms with Gasteiger partial charge >= 0.3 is 0 Å². The van der Waals surface area contributed by atoms with Gasteiger partial charge in [0.15, 0.2) is 5.52 Å². The Bertz CT molecular complexity index is 1050. The predicted octanol–water partition coefficient (Wildman–Crippen LogP) is 4.52. The van der Waals surface area contributed by atoms with Gasteiger partial charge in [-0.25, -0.2) is 9.97 Å². The zero-order chi connectivity index (χ0) is 19.2. The van der Waals surface area contributed by atoms with Crippen molar-refractivity contribution in [1.29, 1.82) is 0 Å². The van der Waals surface area contributed by atoms with Crippen molar-refractivity contribution in [3.05, 3.63) is 17.5 Å². The third kappa shape index (κ3) is 2.98. The zero-order valence-electron chi connectivity index (χ0n) is 17.2. The number of rotatable bonds is 2. The van der Waals surface area contributed by atoms with Crippen molar-refractivity contribution >= 4 is 43.4 Å². The Morgan fingerprint density at radius 1 is 0.793 bits per heavy atom. The van der Waals surface area contributed by atoms with E-state index in [-0.39, 0.29) is 0 Å². The fourth-order valence-corrected chi connectivity index (χ4v) is 6.76. The van der Waals surface area contributed by atoms with Gasteiger partial charge in [0.1, 0.15) is 15.3 Å². The second-order valence-corrected chi connectivity index (χ2v) is 9.91. The topological polar surface area (TPSA) is 46.4 Å². The molecule has 6 rings (SSSR count). The van der Waals surface area contributed by atoms with Gasteiger partial charge in [0, 0.05) is 13.1 Å². The van der Waals surface area contributed by atoms with Gasteiger partial charge in [0.2, 0.25) is 12.1 Å². The number of thiophene rings is 1. The molecule has 2 fully saturated rings. The van der Waals surface area contributed by atoms with Gasteiger partial charge < -0.3 is 4.90 Å². The molecule has 5 nitrogen and oxygen atoms in total. The molecule has 2 aliphatic heterocycles. The number of aryl methyl sites for hydroxylation is 1. The number of fused-ring (bicyclic) bond motifs is 5. The first-order valence-corrected chi connectivity index (χ1v) is 12.4. The summed E-state index contributed by atoms with van der Waals surface area (Å²) in [7, 11) is 0. The maximum absolute atomic E-state index is 5.31. The molecule has 6 heteroatoms. The number of aromatic nitrogens is 3. The maximum Gasteiger partial charge on any atom is 0.242 e. The van der Waals surface area contributed by atoms with Gasteiger partial charge in [0.25, 0.3) is 0 Å². The minimum Gasteiger partial charge on any atom is -0.356 e. The van der Waals surface area contributed by atoms with Crippen LogP contribution in [0.15, 0.2) is 6.33 Å². The van der Waals surface area contributed by atoms with Crippen LogP contribution >= 0.6 is 11.3 Å². The summed E-state index contributed by atoms with van der Waals surface area (Å²) in [5.74, 6) is 2.56. The van der Waals surface area contributed by atoms with Gasteiger partial charge in [-0.2, -0.15) is 0 Å². The minimum atomic E-state index is 1.15. The summed E-state index contributed by atoms with van der Waals surface area (Å²) in [6, 6.07) is 0. The number of H-pyrrole nitrogens is 1. The Kier molecular flexibility index (Phi) is 4.55. The monoisotopic (exact) mass is 408 g/mol. The van der Waals surface area contributed by atoms with Crippen molar-refractivity contribution in [1.82, 2.24) is 9.97 Å². The summed E-state index contributed by atoms with van der Waals surface area (Å²) in [5, 5.41) is 1.35. The molecule has 0 bridgehead atoms. The van der Waals surface area contributed by atoms with Crippen LogP contribution in [0.5, 0.6) is 0 Å². The third-order valence-electron chi connectivity index (χ3n) is 7.05. The van der Waals surface area contributed by atoms with Crippen molar-refractivity contribution in [2.75, 3.05) is 36.0 Å². The normalized spacial score (nSPS) is 20.4. The second-order valence-electron chi connectivity index (χ2n) is 8.91. The van der Waals surface area contributed by atoms with Crippen LogP contribution in [0.4, 0.5) is 11.6 Å². The molecule has 1 aliphatic carbocycles. The molecule has 0 saturated carbocycles. The molecule has 0 amide bonds. The molecule has 0 aromatic carbocycles. The lowest BCUT2D eigenvalue weighted by molar-refractivity contribution is -0.366. The SMILES string of the molecule is c1nc2c(sc3nc(N4CCCCC4)c4c(c32)CCCC4)c(N2CCCCC2)[nH+]1. The van der Waals surface area contributed by atoms with Crippen LogP contribution in [-0.2, 0) is 12.8 Å². The van der Waals surface area contributed by atoms with E-state index in [4.69, 9.17) is 9.97 Å². The van der Waals surface area contributed by atoms with Crippen LogP contribution in [0.25, 0.3) is 20.4 Å². The molecule has 29 heavy (non-hydrogen) atoms. The summed E-state index contributed by atoms with van der Waals surface area (Å²) in [5.41, 5.74) is 4.26. The smallest absolute Gasteiger partial charge is 0.242 e. The third-order valence-corrected chi connectivity index (χ3v) is 8.13. The van der Waals surface area contributed by atoms with Crippen LogP contribution < -0.4 is 14.8 Å². The highest BCUT2D eigenvalue weighted by Crippen LogP contribution is 2.43. The zero-order valence-corrected chi connectivity index (χ0v) is 18.0. The molecule has 0 atom stereocenters. The number of nitrogens with one attached hydrogen (secondary N) is 1. The molecule has 3 aliphatic rings. The molecule has 5 heterocycles. The van der Waals surface area contributed by atoms with E-state index in [1.165, 1.54) is 115 Å². The highest BCUT2D eigenvalue weighted by molar-refractivity contribution is 7.26. The average Bonchev–Trinajstić information content (AvgIpc) is 3.18. The van der Waals surface area contributed by atoms with E-state index >= 15 is 0 Å². The van der Waals surface area contributed by atoms with Crippen molar-refractivity contribution in [3.8, 4) is 0 Å². The average molecular weight is 409 g/mol. The molecule has 1 N–H and O–H groups in total. The molecular formula is C23H30N5S+. The predicted molar refractivity (Wildman–Crippen MR) is 120 cm³/mol. The lowest BCUT2D eigenvalue weighted by atomic mass is 9.89.